The van der Waals surface area contributed by atoms with Crippen LogP contribution in [0.5, 0.6) is 0 Å². The molecule has 0 heteroatoms. The minimum Gasteiger partial charge on any atom is -0.0990 e. The zero-order chi connectivity index (χ0) is 13.4. The van der Waals surface area contributed by atoms with Gasteiger partial charge in [0.1, 0.15) is 0 Å². The summed E-state index contributed by atoms with van der Waals surface area (Å²) in [5, 5.41) is 0. The Hall–Kier alpha value is -2.00. The van der Waals surface area contributed by atoms with Crippen LogP contribution in [0.3, 0.4) is 0 Å². The first-order valence-corrected chi connectivity index (χ1v) is 6.24. The molecule has 1 aromatic carbocycles. The van der Waals surface area contributed by atoms with Crippen molar-refractivity contribution in [3.8, 4) is 11.8 Å². The molecule has 92 valence electrons. The third-order valence-corrected chi connectivity index (χ3v) is 2.57. The highest BCUT2D eigenvalue weighted by Gasteiger charge is 1.96. The zero-order valence-corrected chi connectivity index (χ0v) is 11.4. The van der Waals surface area contributed by atoms with Gasteiger partial charge in [-0.1, -0.05) is 62.6 Å². The molecule has 0 nitrogen and oxygen atoms in total. The van der Waals surface area contributed by atoms with Crippen molar-refractivity contribution in [1.29, 1.82) is 0 Å². The van der Waals surface area contributed by atoms with Gasteiger partial charge in [-0.3, -0.25) is 0 Å². The fourth-order valence-electron chi connectivity index (χ4n) is 1.54. The Balaban J connectivity index is 2.90. The normalized spacial score (nSPS) is 11.4. The molecule has 1 aromatic rings. The molecule has 0 unspecified atom stereocenters. The molecular weight excluding hydrogens is 216 g/mol. The minimum atomic E-state index is 0.561. The summed E-state index contributed by atoms with van der Waals surface area (Å²) in [6.07, 6.45) is 7.63. The van der Waals surface area contributed by atoms with Gasteiger partial charge in [0.2, 0.25) is 0 Å². The zero-order valence-electron chi connectivity index (χ0n) is 11.4. The van der Waals surface area contributed by atoms with Crippen LogP contribution in [0.15, 0.2) is 60.7 Å². The Morgan fingerprint density at radius 2 is 1.89 bits per heavy atom. The quantitative estimate of drug-likeness (QED) is 0.520. The van der Waals surface area contributed by atoms with Gasteiger partial charge < -0.3 is 0 Å². The average molecular weight is 236 g/mol. The van der Waals surface area contributed by atoms with Gasteiger partial charge in [0.05, 0.1) is 0 Å². The Morgan fingerprint density at radius 3 is 2.39 bits per heavy atom. The fourth-order valence-corrected chi connectivity index (χ4v) is 1.54. The second-order valence-electron chi connectivity index (χ2n) is 4.38. The highest BCUT2D eigenvalue weighted by atomic mass is 14.0. The van der Waals surface area contributed by atoms with E-state index in [1.165, 1.54) is 5.56 Å². The van der Waals surface area contributed by atoms with Crippen LogP contribution < -0.4 is 0 Å². The van der Waals surface area contributed by atoms with E-state index in [4.69, 9.17) is 0 Å². The van der Waals surface area contributed by atoms with Crippen LogP contribution in [0.4, 0.5) is 0 Å². The summed E-state index contributed by atoms with van der Waals surface area (Å²) in [6.45, 7) is 10.1. The second kappa shape index (κ2) is 7.35. The predicted molar refractivity (Wildman–Crippen MR) is 80.5 cm³/mol. The van der Waals surface area contributed by atoms with Gasteiger partial charge in [-0.05, 0) is 36.6 Å². The van der Waals surface area contributed by atoms with Gasteiger partial charge >= 0.3 is 0 Å². The highest BCUT2D eigenvalue weighted by Crippen LogP contribution is 2.14. The lowest BCUT2D eigenvalue weighted by molar-refractivity contribution is 0.866. The van der Waals surface area contributed by atoms with Crippen molar-refractivity contribution in [1.82, 2.24) is 0 Å². The van der Waals surface area contributed by atoms with Gasteiger partial charge in [-0.15, -0.1) is 0 Å². The molecule has 0 atom stereocenters. The molecule has 0 spiro atoms. The van der Waals surface area contributed by atoms with Crippen molar-refractivity contribution < 1.29 is 0 Å². The van der Waals surface area contributed by atoms with Crippen LogP contribution in [-0.4, -0.2) is 0 Å². The third kappa shape index (κ3) is 4.47. The number of hydrogen-bond donors (Lipinski definition) is 0. The fraction of sp³-hybridized carbons (Fsp3) is 0.222. The number of hydrogen-bond acceptors (Lipinski definition) is 0. The van der Waals surface area contributed by atoms with Crippen molar-refractivity contribution >= 4 is 0 Å². The smallest absolute Gasteiger partial charge is 0.0249 e. The Labute approximate surface area is 111 Å². The lowest BCUT2D eigenvalue weighted by atomic mass is 10.0. The minimum absolute atomic E-state index is 0.561. The first kappa shape index (κ1) is 14.1. The maximum absolute atomic E-state index is 3.69. The molecule has 0 radical (unpaired) electrons. The maximum Gasteiger partial charge on any atom is 0.0249 e. The summed E-state index contributed by atoms with van der Waals surface area (Å²) in [7, 11) is 0. The van der Waals surface area contributed by atoms with Crippen molar-refractivity contribution in [3.63, 3.8) is 0 Å². The average Bonchev–Trinajstić information content (AvgIpc) is 2.37. The first-order chi connectivity index (χ1) is 8.67. The van der Waals surface area contributed by atoms with Gasteiger partial charge in [0.15, 0.2) is 0 Å². The lowest BCUT2D eigenvalue weighted by Gasteiger charge is -2.03. The van der Waals surface area contributed by atoms with Crippen LogP contribution in [0.25, 0.3) is 0 Å². The van der Waals surface area contributed by atoms with Crippen LogP contribution in [0.2, 0.25) is 0 Å². The number of benzene rings is 1. The van der Waals surface area contributed by atoms with E-state index in [9.17, 15) is 0 Å². The predicted octanol–water partition coefficient (Wildman–Crippen LogP) is 4.85. The maximum atomic E-state index is 3.69. The van der Waals surface area contributed by atoms with E-state index in [0.717, 1.165) is 11.1 Å². The molecule has 0 aromatic heterocycles. The first-order valence-electron chi connectivity index (χ1n) is 6.24. The standard InChI is InChI=1S/C18H20/c1-5-7-16(8-6-2)9-10-17-11-13-18(14-12-17)15(3)4/h5-8,11-15H,1H2,2-4H3/b8-6-,16-7+. The summed E-state index contributed by atoms with van der Waals surface area (Å²) < 4.78 is 0. The monoisotopic (exact) mass is 236 g/mol. The lowest BCUT2D eigenvalue weighted by Crippen LogP contribution is -1.86. The second-order valence-corrected chi connectivity index (χ2v) is 4.38. The van der Waals surface area contributed by atoms with Crippen molar-refractivity contribution in [2.24, 2.45) is 0 Å². The third-order valence-electron chi connectivity index (χ3n) is 2.57. The molecule has 1 rings (SSSR count). The van der Waals surface area contributed by atoms with E-state index < -0.39 is 0 Å². The molecule has 0 aliphatic heterocycles. The van der Waals surface area contributed by atoms with Gasteiger partial charge in [0, 0.05) is 11.1 Å². The van der Waals surface area contributed by atoms with Crippen LogP contribution >= 0.6 is 0 Å². The van der Waals surface area contributed by atoms with Crippen molar-refractivity contribution in [3.05, 3.63) is 71.8 Å². The van der Waals surface area contributed by atoms with Gasteiger partial charge in [0.25, 0.3) is 0 Å². The molecule has 0 fully saturated rings. The molecule has 0 N–H and O–H groups in total. The summed E-state index contributed by atoms with van der Waals surface area (Å²) in [4.78, 5) is 0. The van der Waals surface area contributed by atoms with E-state index in [2.05, 4.69) is 56.5 Å². The molecule has 18 heavy (non-hydrogen) atoms. The van der Waals surface area contributed by atoms with E-state index in [1.807, 2.05) is 25.2 Å². The largest absolute Gasteiger partial charge is 0.0990 e. The molecule has 0 bridgehead atoms. The van der Waals surface area contributed by atoms with E-state index in [1.54, 1.807) is 6.08 Å². The molecule has 0 heterocycles. The molecule has 0 aliphatic carbocycles. The van der Waals surface area contributed by atoms with Crippen LogP contribution in [0.1, 0.15) is 37.8 Å². The molecule has 0 saturated carbocycles. The number of allylic oxidation sites excluding steroid dienone is 5. The summed E-state index contributed by atoms with van der Waals surface area (Å²) in [5.74, 6) is 6.86. The summed E-state index contributed by atoms with van der Waals surface area (Å²) in [5.41, 5.74) is 3.36. The Kier molecular flexibility index (Phi) is 5.74. The highest BCUT2D eigenvalue weighted by molar-refractivity contribution is 5.46. The molecule has 0 aliphatic rings. The molecule has 0 amide bonds. The molecular formula is C18H20. The van der Waals surface area contributed by atoms with E-state index >= 15 is 0 Å². The Morgan fingerprint density at radius 1 is 1.22 bits per heavy atom. The summed E-state index contributed by atoms with van der Waals surface area (Å²) >= 11 is 0. The number of rotatable bonds is 3. The van der Waals surface area contributed by atoms with E-state index in [0.29, 0.717) is 5.92 Å². The van der Waals surface area contributed by atoms with Crippen molar-refractivity contribution in [2.75, 3.05) is 0 Å². The topological polar surface area (TPSA) is 0 Å². The van der Waals surface area contributed by atoms with Crippen LogP contribution in [-0.2, 0) is 0 Å². The SMILES string of the molecule is C=C/C=C(C#Cc1ccc(C(C)C)cc1)\C=C/C. The van der Waals surface area contributed by atoms with E-state index in [-0.39, 0.29) is 0 Å². The molecule has 0 saturated heterocycles. The van der Waals surface area contributed by atoms with Crippen molar-refractivity contribution in [2.45, 2.75) is 26.7 Å². The van der Waals surface area contributed by atoms with Gasteiger partial charge in [-0.25, -0.2) is 0 Å². The Bertz CT molecular complexity index is 499. The van der Waals surface area contributed by atoms with Crippen LogP contribution in [0, 0.1) is 11.8 Å². The summed E-state index contributed by atoms with van der Waals surface area (Å²) in [6, 6.07) is 8.43. The van der Waals surface area contributed by atoms with Gasteiger partial charge in [-0.2, -0.15) is 0 Å².